The van der Waals surface area contributed by atoms with Gasteiger partial charge in [0, 0.05) is 14.1 Å². The van der Waals surface area contributed by atoms with E-state index in [1.54, 1.807) is 38.4 Å². The van der Waals surface area contributed by atoms with Gasteiger partial charge in [0.2, 0.25) is 0 Å². The number of hydrogen-bond acceptors (Lipinski definition) is 4. The SMILES string of the molecule is COc1ccccc1C(=O)OCC(=O)N(C)C. The standard InChI is InChI=1S/C12H15NO4/c1-13(2)11(14)8-17-12(15)9-6-4-5-7-10(9)16-3/h4-7H,8H2,1-3H3. The number of carbonyl (C=O) groups is 2. The molecule has 0 atom stereocenters. The van der Waals surface area contributed by atoms with E-state index in [-0.39, 0.29) is 12.5 Å². The van der Waals surface area contributed by atoms with E-state index in [2.05, 4.69) is 0 Å². The van der Waals surface area contributed by atoms with Gasteiger partial charge in [-0.25, -0.2) is 4.79 Å². The summed E-state index contributed by atoms with van der Waals surface area (Å²) in [6, 6.07) is 6.69. The average molecular weight is 237 g/mol. The minimum atomic E-state index is -0.572. The van der Waals surface area contributed by atoms with Crippen LogP contribution in [-0.4, -0.2) is 44.6 Å². The Balaban J connectivity index is 2.67. The lowest BCUT2D eigenvalue weighted by Crippen LogP contribution is -2.27. The maximum atomic E-state index is 11.7. The first-order chi connectivity index (χ1) is 8.06. The smallest absolute Gasteiger partial charge is 0.342 e. The Morgan fingerprint density at radius 3 is 2.47 bits per heavy atom. The van der Waals surface area contributed by atoms with Gasteiger partial charge in [0.25, 0.3) is 5.91 Å². The van der Waals surface area contributed by atoms with Gasteiger partial charge in [-0.05, 0) is 12.1 Å². The van der Waals surface area contributed by atoms with Crippen molar-refractivity contribution in [2.45, 2.75) is 0 Å². The van der Waals surface area contributed by atoms with E-state index in [1.165, 1.54) is 12.0 Å². The van der Waals surface area contributed by atoms with Crippen LogP contribution in [0.4, 0.5) is 0 Å². The summed E-state index contributed by atoms with van der Waals surface area (Å²) >= 11 is 0. The van der Waals surface area contributed by atoms with Crippen molar-refractivity contribution in [2.75, 3.05) is 27.8 Å². The molecule has 0 radical (unpaired) electrons. The van der Waals surface area contributed by atoms with E-state index in [0.29, 0.717) is 11.3 Å². The fraction of sp³-hybridized carbons (Fsp3) is 0.333. The molecule has 0 fully saturated rings. The number of para-hydroxylation sites is 1. The Kier molecular flexibility index (Phi) is 4.51. The zero-order valence-corrected chi connectivity index (χ0v) is 10.1. The van der Waals surface area contributed by atoms with Crippen LogP contribution >= 0.6 is 0 Å². The Hall–Kier alpha value is -2.04. The molecule has 1 aromatic rings. The molecular formula is C12H15NO4. The fourth-order valence-corrected chi connectivity index (χ4v) is 1.15. The van der Waals surface area contributed by atoms with E-state index < -0.39 is 5.97 Å². The van der Waals surface area contributed by atoms with Crippen molar-refractivity contribution < 1.29 is 19.1 Å². The number of benzene rings is 1. The molecule has 1 aromatic carbocycles. The fourth-order valence-electron chi connectivity index (χ4n) is 1.15. The first kappa shape index (κ1) is 13.0. The monoisotopic (exact) mass is 237 g/mol. The predicted molar refractivity (Wildman–Crippen MR) is 62.0 cm³/mol. The van der Waals surface area contributed by atoms with Crippen LogP contribution < -0.4 is 4.74 Å². The van der Waals surface area contributed by atoms with Gasteiger partial charge in [0.05, 0.1) is 7.11 Å². The van der Waals surface area contributed by atoms with Crippen LogP contribution in [0.5, 0.6) is 5.75 Å². The third kappa shape index (κ3) is 3.48. The number of likely N-dealkylation sites (N-methyl/N-ethyl adjacent to an activating group) is 1. The maximum absolute atomic E-state index is 11.7. The summed E-state index contributed by atoms with van der Waals surface area (Å²) in [4.78, 5) is 24.3. The van der Waals surface area contributed by atoms with Gasteiger partial charge >= 0.3 is 5.97 Å². The number of hydrogen-bond donors (Lipinski definition) is 0. The van der Waals surface area contributed by atoms with Gasteiger partial charge in [-0.1, -0.05) is 12.1 Å². The number of ether oxygens (including phenoxy) is 2. The summed E-state index contributed by atoms with van der Waals surface area (Å²) in [5.74, 6) is -0.416. The quantitative estimate of drug-likeness (QED) is 0.731. The van der Waals surface area contributed by atoms with Gasteiger partial charge in [-0.2, -0.15) is 0 Å². The molecule has 1 amide bonds. The summed E-state index contributed by atoms with van der Waals surface area (Å²) in [6.45, 7) is -0.274. The highest BCUT2D eigenvalue weighted by Gasteiger charge is 2.14. The average Bonchev–Trinajstić information content (AvgIpc) is 2.35. The molecule has 5 nitrogen and oxygen atoms in total. The third-order valence-corrected chi connectivity index (χ3v) is 2.15. The van der Waals surface area contributed by atoms with Gasteiger partial charge in [-0.15, -0.1) is 0 Å². The zero-order chi connectivity index (χ0) is 12.8. The van der Waals surface area contributed by atoms with Crippen molar-refractivity contribution in [1.29, 1.82) is 0 Å². The van der Waals surface area contributed by atoms with Crippen molar-refractivity contribution in [2.24, 2.45) is 0 Å². The Bertz CT molecular complexity index is 415. The molecule has 0 aliphatic carbocycles. The maximum Gasteiger partial charge on any atom is 0.342 e. The van der Waals surface area contributed by atoms with E-state index >= 15 is 0 Å². The van der Waals surface area contributed by atoms with Crippen molar-refractivity contribution in [3.8, 4) is 5.75 Å². The highest BCUT2D eigenvalue weighted by atomic mass is 16.5. The number of amides is 1. The van der Waals surface area contributed by atoms with E-state index in [0.717, 1.165) is 0 Å². The predicted octanol–water partition coefficient (Wildman–Crippen LogP) is 0.940. The van der Waals surface area contributed by atoms with Crippen LogP contribution in [0.1, 0.15) is 10.4 Å². The minimum absolute atomic E-state index is 0.270. The van der Waals surface area contributed by atoms with Crippen LogP contribution in [0, 0.1) is 0 Å². The summed E-state index contributed by atoms with van der Waals surface area (Å²) in [5.41, 5.74) is 0.307. The molecule has 92 valence electrons. The van der Waals surface area contributed by atoms with Crippen LogP contribution in [0.3, 0.4) is 0 Å². The normalized spacial score (nSPS) is 9.59. The van der Waals surface area contributed by atoms with Gasteiger partial charge in [-0.3, -0.25) is 4.79 Å². The van der Waals surface area contributed by atoms with Gasteiger partial charge in [0.15, 0.2) is 6.61 Å². The van der Waals surface area contributed by atoms with Crippen molar-refractivity contribution in [3.63, 3.8) is 0 Å². The molecule has 0 spiro atoms. The second-order valence-electron chi connectivity index (χ2n) is 3.56. The molecule has 17 heavy (non-hydrogen) atoms. The number of methoxy groups -OCH3 is 1. The molecule has 0 saturated carbocycles. The third-order valence-electron chi connectivity index (χ3n) is 2.15. The number of esters is 1. The highest BCUT2D eigenvalue weighted by molar-refractivity contribution is 5.93. The Labute approximate surface area is 99.9 Å². The summed E-state index contributed by atoms with van der Waals surface area (Å²) < 4.78 is 9.91. The molecule has 0 aliphatic heterocycles. The highest BCUT2D eigenvalue weighted by Crippen LogP contribution is 2.17. The number of nitrogens with zero attached hydrogens (tertiary/aromatic N) is 1. The van der Waals surface area contributed by atoms with E-state index in [4.69, 9.17) is 9.47 Å². The van der Waals surface area contributed by atoms with Crippen LogP contribution in [0.25, 0.3) is 0 Å². The number of carbonyl (C=O) groups excluding carboxylic acids is 2. The molecule has 0 unspecified atom stereocenters. The van der Waals surface area contributed by atoms with Gasteiger partial charge in [0.1, 0.15) is 11.3 Å². The first-order valence-corrected chi connectivity index (χ1v) is 5.06. The molecule has 0 aliphatic rings. The molecule has 5 heteroatoms. The topological polar surface area (TPSA) is 55.8 Å². The molecule has 0 saturated heterocycles. The van der Waals surface area contributed by atoms with Crippen molar-refractivity contribution >= 4 is 11.9 Å². The van der Waals surface area contributed by atoms with Crippen molar-refractivity contribution in [1.82, 2.24) is 4.90 Å². The van der Waals surface area contributed by atoms with Gasteiger partial charge < -0.3 is 14.4 Å². The molecule has 0 bridgehead atoms. The van der Waals surface area contributed by atoms with E-state index in [9.17, 15) is 9.59 Å². The lowest BCUT2D eigenvalue weighted by Gasteiger charge is -2.11. The second-order valence-corrected chi connectivity index (χ2v) is 3.56. The lowest BCUT2D eigenvalue weighted by atomic mass is 10.2. The Morgan fingerprint density at radius 1 is 1.24 bits per heavy atom. The largest absolute Gasteiger partial charge is 0.496 e. The molecule has 0 N–H and O–H groups in total. The lowest BCUT2D eigenvalue weighted by molar-refractivity contribution is -0.131. The molecule has 0 heterocycles. The van der Waals surface area contributed by atoms with E-state index in [1.807, 2.05) is 0 Å². The Morgan fingerprint density at radius 2 is 1.88 bits per heavy atom. The first-order valence-electron chi connectivity index (χ1n) is 5.06. The molecule has 1 rings (SSSR count). The summed E-state index contributed by atoms with van der Waals surface area (Å²) in [6.07, 6.45) is 0. The summed E-state index contributed by atoms with van der Waals surface area (Å²) in [5, 5.41) is 0. The number of rotatable bonds is 4. The summed E-state index contributed by atoms with van der Waals surface area (Å²) in [7, 11) is 4.66. The second kappa shape index (κ2) is 5.89. The van der Waals surface area contributed by atoms with Crippen molar-refractivity contribution in [3.05, 3.63) is 29.8 Å². The molecular weight excluding hydrogens is 222 g/mol. The molecule has 0 aromatic heterocycles. The van der Waals surface area contributed by atoms with Crippen LogP contribution in [0.15, 0.2) is 24.3 Å². The zero-order valence-electron chi connectivity index (χ0n) is 10.1. The van der Waals surface area contributed by atoms with Crippen LogP contribution in [0.2, 0.25) is 0 Å². The minimum Gasteiger partial charge on any atom is -0.496 e. The van der Waals surface area contributed by atoms with Crippen LogP contribution in [-0.2, 0) is 9.53 Å².